The fourth-order valence-corrected chi connectivity index (χ4v) is 4.43. The summed E-state index contributed by atoms with van der Waals surface area (Å²) in [5.74, 6) is 0.943. The number of aliphatic hydroxyl groups excluding tert-OH is 2. The molecule has 1 amide bonds. The van der Waals surface area contributed by atoms with E-state index in [0.29, 0.717) is 19.6 Å². The molecule has 1 aromatic rings. The van der Waals surface area contributed by atoms with E-state index in [1.54, 1.807) is 11.9 Å². The van der Waals surface area contributed by atoms with Crippen LogP contribution in [0.3, 0.4) is 0 Å². The van der Waals surface area contributed by atoms with Crippen LogP contribution >= 0.6 is 0 Å². The topological polar surface area (TPSA) is 73.2 Å². The molecule has 6 heteroatoms. The number of hydrogen-bond donors (Lipinski definition) is 2. The Labute approximate surface area is 161 Å². The highest BCUT2D eigenvalue weighted by Gasteiger charge is 2.47. The maximum atomic E-state index is 12.7. The van der Waals surface area contributed by atoms with E-state index < -0.39 is 11.5 Å². The first kappa shape index (κ1) is 20.1. The Kier molecular flexibility index (Phi) is 6.40. The number of rotatable bonds is 6. The molecule has 2 aliphatic rings. The number of likely N-dealkylation sites (tertiary alicyclic amines) is 2. The van der Waals surface area contributed by atoms with Crippen molar-refractivity contribution in [3.63, 3.8) is 0 Å². The molecule has 0 radical (unpaired) electrons. The van der Waals surface area contributed by atoms with E-state index in [0.717, 1.165) is 55.8 Å². The van der Waals surface area contributed by atoms with Crippen LogP contribution in [0.2, 0.25) is 0 Å². The van der Waals surface area contributed by atoms with Crippen molar-refractivity contribution in [2.75, 3.05) is 33.3 Å². The van der Waals surface area contributed by atoms with Crippen molar-refractivity contribution >= 4 is 5.91 Å². The van der Waals surface area contributed by atoms with E-state index in [9.17, 15) is 15.0 Å². The smallest absolute Gasteiger partial charge is 0.228 e. The van der Waals surface area contributed by atoms with Crippen molar-refractivity contribution < 1.29 is 19.7 Å². The molecular formula is C21H32N2O4. The molecule has 0 aromatic heterocycles. The first-order chi connectivity index (χ1) is 13.0. The molecule has 3 rings (SSSR count). The van der Waals surface area contributed by atoms with Gasteiger partial charge in [0.25, 0.3) is 0 Å². The number of β-amino-alcohol motifs (C(OH)–C–C–N with tert-alkyl or cyclic N) is 1. The molecule has 0 aliphatic carbocycles. The first-order valence-corrected chi connectivity index (χ1v) is 9.99. The van der Waals surface area contributed by atoms with Gasteiger partial charge in [0.15, 0.2) is 0 Å². The Morgan fingerprint density at radius 2 is 2.04 bits per heavy atom. The summed E-state index contributed by atoms with van der Waals surface area (Å²) in [5.41, 5.74) is 1.57. The number of benzene rings is 1. The molecule has 150 valence electrons. The number of carbonyl (C=O) groups excluding carboxylic acids is 1. The maximum Gasteiger partial charge on any atom is 0.228 e. The highest BCUT2D eigenvalue weighted by Crippen LogP contribution is 2.41. The summed E-state index contributed by atoms with van der Waals surface area (Å²) in [6.07, 6.45) is 2.68. The number of aliphatic hydroxyl groups is 2. The van der Waals surface area contributed by atoms with E-state index in [-0.39, 0.29) is 12.5 Å². The number of hydrogen-bond acceptors (Lipinski definition) is 5. The minimum Gasteiger partial charge on any atom is -0.493 e. The summed E-state index contributed by atoms with van der Waals surface area (Å²) in [4.78, 5) is 16.7. The third kappa shape index (κ3) is 4.45. The second kappa shape index (κ2) is 8.59. The molecule has 0 bridgehead atoms. The fourth-order valence-electron chi connectivity index (χ4n) is 4.43. The van der Waals surface area contributed by atoms with E-state index in [2.05, 4.69) is 17.9 Å². The predicted molar refractivity (Wildman–Crippen MR) is 103 cm³/mol. The van der Waals surface area contributed by atoms with Gasteiger partial charge in [-0.3, -0.25) is 9.69 Å². The Hall–Kier alpha value is -1.63. The summed E-state index contributed by atoms with van der Waals surface area (Å²) < 4.78 is 5.69. The van der Waals surface area contributed by atoms with Gasteiger partial charge in [-0.05, 0) is 56.5 Å². The van der Waals surface area contributed by atoms with Crippen LogP contribution in [0.1, 0.15) is 43.7 Å². The van der Waals surface area contributed by atoms with Crippen LogP contribution in [0.4, 0.5) is 0 Å². The Morgan fingerprint density at radius 1 is 1.30 bits per heavy atom. The van der Waals surface area contributed by atoms with E-state index in [1.807, 2.05) is 12.1 Å². The monoisotopic (exact) mass is 376 g/mol. The zero-order valence-electron chi connectivity index (χ0n) is 16.5. The molecule has 1 unspecified atom stereocenters. The predicted octanol–water partition coefficient (Wildman–Crippen LogP) is 1.77. The van der Waals surface area contributed by atoms with Gasteiger partial charge >= 0.3 is 0 Å². The molecule has 2 fully saturated rings. The minimum absolute atomic E-state index is 0.0330. The van der Waals surface area contributed by atoms with E-state index >= 15 is 0 Å². The van der Waals surface area contributed by atoms with Crippen molar-refractivity contribution in [3.05, 3.63) is 29.3 Å². The number of nitrogens with zero attached hydrogens (tertiary/aromatic N) is 2. The fraction of sp³-hybridized carbons (Fsp3) is 0.667. The van der Waals surface area contributed by atoms with Gasteiger partial charge in [0.1, 0.15) is 5.75 Å². The molecule has 6 nitrogen and oxygen atoms in total. The number of ether oxygens (including phenoxy) is 1. The highest BCUT2D eigenvalue weighted by molar-refractivity contribution is 5.83. The van der Waals surface area contributed by atoms with Crippen LogP contribution < -0.4 is 4.74 Å². The van der Waals surface area contributed by atoms with Gasteiger partial charge in [-0.25, -0.2) is 0 Å². The molecule has 2 aliphatic heterocycles. The van der Waals surface area contributed by atoms with E-state index in [1.165, 1.54) is 0 Å². The minimum atomic E-state index is -0.415. The SMILES string of the molecule is CCCOc1ccc(CN2CCC3(CC2)CC(O)CN(C)C3=O)cc1CO. The van der Waals surface area contributed by atoms with Crippen LogP contribution in [0, 0.1) is 5.41 Å². The number of carbonyl (C=O) groups is 1. The van der Waals surface area contributed by atoms with Gasteiger partial charge < -0.3 is 19.8 Å². The summed E-state index contributed by atoms with van der Waals surface area (Å²) in [5, 5.41) is 19.8. The molecule has 27 heavy (non-hydrogen) atoms. The molecule has 1 aromatic carbocycles. The van der Waals surface area contributed by atoms with Crippen LogP contribution in [0.15, 0.2) is 18.2 Å². The summed E-state index contributed by atoms with van der Waals surface area (Å²) in [7, 11) is 1.79. The van der Waals surface area contributed by atoms with Gasteiger partial charge in [-0.15, -0.1) is 0 Å². The lowest BCUT2D eigenvalue weighted by Crippen LogP contribution is -2.56. The molecule has 1 atom stereocenters. The maximum absolute atomic E-state index is 12.7. The van der Waals surface area contributed by atoms with Crippen LogP contribution in [0.5, 0.6) is 5.75 Å². The summed E-state index contributed by atoms with van der Waals surface area (Å²) in [6.45, 7) is 5.60. The standard InChI is InChI=1S/C21H32N2O4/c1-3-10-27-19-5-4-16(11-17(19)15-24)13-23-8-6-21(7-9-23)12-18(25)14-22(2)20(21)26/h4-5,11,18,24-25H,3,6-10,12-15H2,1-2H3. The third-order valence-corrected chi connectivity index (χ3v) is 5.89. The van der Waals surface area contributed by atoms with Gasteiger partial charge in [0.05, 0.1) is 24.7 Å². The van der Waals surface area contributed by atoms with Gasteiger partial charge in [0.2, 0.25) is 5.91 Å². The normalized spacial score (nSPS) is 23.0. The Bertz CT molecular complexity index is 656. The van der Waals surface area contributed by atoms with Crippen LogP contribution in [-0.4, -0.2) is 65.3 Å². The lowest BCUT2D eigenvalue weighted by molar-refractivity contribution is -0.154. The highest BCUT2D eigenvalue weighted by atomic mass is 16.5. The zero-order chi connectivity index (χ0) is 19.4. The zero-order valence-corrected chi connectivity index (χ0v) is 16.5. The van der Waals surface area contributed by atoms with Crippen molar-refractivity contribution in [1.29, 1.82) is 0 Å². The lowest BCUT2D eigenvalue weighted by Gasteiger charge is -2.47. The van der Waals surface area contributed by atoms with Crippen molar-refractivity contribution in [2.45, 2.75) is 51.9 Å². The van der Waals surface area contributed by atoms with E-state index in [4.69, 9.17) is 4.74 Å². The van der Waals surface area contributed by atoms with Crippen molar-refractivity contribution in [2.24, 2.45) is 5.41 Å². The van der Waals surface area contributed by atoms with Crippen molar-refractivity contribution in [3.8, 4) is 5.75 Å². The molecule has 2 heterocycles. The van der Waals surface area contributed by atoms with Crippen molar-refractivity contribution in [1.82, 2.24) is 9.80 Å². The molecular weight excluding hydrogens is 344 g/mol. The summed E-state index contributed by atoms with van der Waals surface area (Å²) in [6, 6.07) is 6.01. The lowest BCUT2D eigenvalue weighted by atomic mass is 9.71. The number of piperidine rings is 2. The Balaban J connectivity index is 1.61. The van der Waals surface area contributed by atoms with Gasteiger partial charge in [-0.2, -0.15) is 0 Å². The molecule has 0 saturated carbocycles. The van der Waals surface area contributed by atoms with Crippen LogP contribution in [0.25, 0.3) is 0 Å². The second-order valence-corrected chi connectivity index (χ2v) is 8.05. The molecule has 2 N–H and O–H groups in total. The number of likely N-dealkylation sites (N-methyl/N-ethyl adjacent to an activating group) is 1. The average Bonchev–Trinajstić information content (AvgIpc) is 2.66. The molecule has 1 spiro atoms. The molecule has 2 saturated heterocycles. The average molecular weight is 376 g/mol. The summed E-state index contributed by atoms with van der Waals surface area (Å²) >= 11 is 0. The largest absolute Gasteiger partial charge is 0.493 e. The Morgan fingerprint density at radius 3 is 2.70 bits per heavy atom. The second-order valence-electron chi connectivity index (χ2n) is 8.05. The van der Waals surface area contributed by atoms with Gasteiger partial charge in [-0.1, -0.05) is 13.0 Å². The van der Waals surface area contributed by atoms with Crippen LogP contribution in [-0.2, 0) is 17.9 Å². The third-order valence-electron chi connectivity index (χ3n) is 5.89. The first-order valence-electron chi connectivity index (χ1n) is 9.99. The van der Waals surface area contributed by atoms with Gasteiger partial charge in [0, 0.05) is 25.7 Å². The quantitative estimate of drug-likeness (QED) is 0.792. The number of amides is 1.